The fourth-order valence-electron chi connectivity index (χ4n) is 11.6. The zero-order valence-electron chi connectivity index (χ0n) is 39.5. The molecule has 1 aliphatic rings. The molecule has 1 heterocycles. The van der Waals surface area contributed by atoms with Crippen LogP contribution >= 0.6 is 0 Å². The van der Waals surface area contributed by atoms with Crippen LogP contribution in [0.25, 0.3) is 105 Å². The zero-order valence-corrected chi connectivity index (χ0v) is 39.5. The molecule has 0 spiro atoms. The highest BCUT2D eigenvalue weighted by Crippen LogP contribution is 2.57. The molecule has 0 saturated carbocycles. The van der Waals surface area contributed by atoms with Gasteiger partial charge in [0, 0.05) is 11.3 Å². The summed E-state index contributed by atoms with van der Waals surface area (Å²) in [6.07, 6.45) is 0. The summed E-state index contributed by atoms with van der Waals surface area (Å²) in [4.78, 5) is 5.12. The molecule has 336 valence electrons. The number of fused-ring (bicyclic) bond motifs is 6. The number of aromatic nitrogens is 2. The Labute approximate surface area is 419 Å². The van der Waals surface area contributed by atoms with E-state index < -0.39 is 5.41 Å². The molecule has 14 rings (SSSR count). The summed E-state index contributed by atoms with van der Waals surface area (Å²) in [6.45, 7) is 0. The van der Waals surface area contributed by atoms with Crippen molar-refractivity contribution >= 4 is 32.6 Å². The maximum atomic E-state index is 5.12. The molecule has 0 atom stereocenters. The summed E-state index contributed by atoms with van der Waals surface area (Å²) in [5.41, 5.74) is 21.0. The monoisotopic (exact) mass is 914 g/mol. The van der Waals surface area contributed by atoms with E-state index in [0.717, 1.165) is 28.1 Å². The Bertz CT molecular complexity index is 4080. The second-order valence-corrected chi connectivity index (χ2v) is 19.1. The average molecular weight is 915 g/mol. The first-order valence-corrected chi connectivity index (χ1v) is 24.8. The van der Waals surface area contributed by atoms with E-state index in [-0.39, 0.29) is 0 Å². The summed E-state index contributed by atoms with van der Waals surface area (Å²) in [5, 5.41) is 4.82. The standard InChI is InChI=1S/C70H46N2/c1-5-15-47(16-6-1)57-35-39-63-64-40-36-58(48-17-7-2-8-18-48)46-66(64)70(65(63)45-57,60-19-9-3-10-20-60)61-37-33-49(34-38-61)50-25-26-52-42-53(28-27-51(52)41-50)54-29-30-56-44-59(32-31-55(56)43-54)69-71-67-23-13-14-24-68(67)72(69)62-21-11-4-12-22-62/h1-46H. The van der Waals surface area contributed by atoms with Crippen LogP contribution in [-0.2, 0) is 5.41 Å². The molecule has 2 heteroatoms. The Morgan fingerprint density at radius 1 is 0.278 bits per heavy atom. The van der Waals surface area contributed by atoms with Gasteiger partial charge in [0.2, 0.25) is 0 Å². The van der Waals surface area contributed by atoms with Crippen molar-refractivity contribution in [2.75, 3.05) is 0 Å². The first kappa shape index (κ1) is 41.6. The van der Waals surface area contributed by atoms with Crippen molar-refractivity contribution in [1.82, 2.24) is 9.55 Å². The van der Waals surface area contributed by atoms with Crippen LogP contribution in [-0.4, -0.2) is 9.55 Å². The van der Waals surface area contributed by atoms with E-state index in [1.54, 1.807) is 0 Å². The van der Waals surface area contributed by atoms with Crippen molar-refractivity contribution in [3.05, 3.63) is 301 Å². The van der Waals surface area contributed by atoms with Gasteiger partial charge in [-0.05, 0) is 160 Å². The molecule has 12 aromatic carbocycles. The van der Waals surface area contributed by atoms with Gasteiger partial charge in [0.05, 0.1) is 16.4 Å². The highest BCUT2D eigenvalue weighted by molar-refractivity contribution is 5.96. The van der Waals surface area contributed by atoms with Crippen molar-refractivity contribution in [3.8, 4) is 72.7 Å². The summed E-state index contributed by atoms with van der Waals surface area (Å²) in [5.74, 6) is 0.940. The number of nitrogens with zero attached hydrogens (tertiary/aromatic N) is 2. The number of benzene rings is 12. The predicted molar refractivity (Wildman–Crippen MR) is 301 cm³/mol. The Kier molecular flexibility index (Phi) is 9.79. The highest BCUT2D eigenvalue weighted by atomic mass is 15.1. The Morgan fingerprint density at radius 2 is 0.653 bits per heavy atom. The molecule has 1 aromatic heterocycles. The zero-order chi connectivity index (χ0) is 47.6. The Morgan fingerprint density at radius 3 is 1.19 bits per heavy atom. The van der Waals surface area contributed by atoms with Crippen LogP contribution in [0.3, 0.4) is 0 Å². The lowest BCUT2D eigenvalue weighted by atomic mass is 9.67. The average Bonchev–Trinajstić information content (AvgIpc) is 4.00. The molecule has 0 radical (unpaired) electrons. The Hall–Kier alpha value is -9.37. The van der Waals surface area contributed by atoms with Gasteiger partial charge in [0.1, 0.15) is 5.82 Å². The molecule has 1 aliphatic carbocycles. The minimum absolute atomic E-state index is 0.550. The highest BCUT2D eigenvalue weighted by Gasteiger charge is 2.46. The molecule has 0 aliphatic heterocycles. The lowest BCUT2D eigenvalue weighted by molar-refractivity contribution is 0.769. The van der Waals surface area contributed by atoms with Crippen LogP contribution in [0.2, 0.25) is 0 Å². The second kappa shape index (κ2) is 16.9. The predicted octanol–water partition coefficient (Wildman–Crippen LogP) is 18.0. The van der Waals surface area contributed by atoms with Gasteiger partial charge in [-0.25, -0.2) is 4.98 Å². The second-order valence-electron chi connectivity index (χ2n) is 19.1. The molecule has 0 amide bonds. The lowest BCUT2D eigenvalue weighted by Crippen LogP contribution is -2.28. The molecule has 0 unspecified atom stereocenters. The third-order valence-electron chi connectivity index (χ3n) is 15.1. The number of para-hydroxylation sites is 3. The summed E-state index contributed by atoms with van der Waals surface area (Å²) in [6, 6.07) is 102. The molecule has 0 N–H and O–H groups in total. The summed E-state index contributed by atoms with van der Waals surface area (Å²) < 4.78 is 2.26. The molecule has 0 saturated heterocycles. The third-order valence-corrected chi connectivity index (χ3v) is 15.1. The van der Waals surface area contributed by atoms with Gasteiger partial charge in [-0.15, -0.1) is 0 Å². The molecule has 0 bridgehead atoms. The minimum Gasteiger partial charge on any atom is -0.292 e. The van der Waals surface area contributed by atoms with Crippen molar-refractivity contribution < 1.29 is 0 Å². The van der Waals surface area contributed by atoms with E-state index in [2.05, 4.69) is 284 Å². The molecule has 72 heavy (non-hydrogen) atoms. The quantitative estimate of drug-likeness (QED) is 0.149. The number of rotatable bonds is 8. The van der Waals surface area contributed by atoms with Crippen LogP contribution in [0.15, 0.2) is 279 Å². The first-order chi connectivity index (χ1) is 35.7. The SMILES string of the molecule is c1ccc(-c2ccc3c(c2)C(c2ccccc2)(c2ccc(-c4ccc5cc(-c6ccc7cc(-c8nc9ccccc9n8-c8ccccc8)ccc7c6)ccc5c4)cc2)c2cc(-c4ccccc4)ccc2-3)cc1. The van der Waals surface area contributed by atoms with Crippen LogP contribution in [0.1, 0.15) is 22.3 Å². The van der Waals surface area contributed by atoms with Crippen LogP contribution in [0.5, 0.6) is 0 Å². The fourth-order valence-corrected chi connectivity index (χ4v) is 11.6. The van der Waals surface area contributed by atoms with Crippen LogP contribution in [0.4, 0.5) is 0 Å². The van der Waals surface area contributed by atoms with E-state index in [9.17, 15) is 0 Å². The van der Waals surface area contributed by atoms with E-state index in [0.29, 0.717) is 0 Å². The molecular formula is C70H46N2. The van der Waals surface area contributed by atoms with Crippen molar-refractivity contribution in [2.24, 2.45) is 0 Å². The van der Waals surface area contributed by atoms with E-state index in [4.69, 9.17) is 4.98 Å². The maximum absolute atomic E-state index is 5.12. The van der Waals surface area contributed by atoms with Gasteiger partial charge >= 0.3 is 0 Å². The summed E-state index contributed by atoms with van der Waals surface area (Å²) >= 11 is 0. The molecule has 0 fully saturated rings. The van der Waals surface area contributed by atoms with Crippen molar-refractivity contribution in [1.29, 1.82) is 0 Å². The number of imidazole rings is 1. The van der Waals surface area contributed by atoms with E-state index in [1.807, 2.05) is 0 Å². The number of hydrogen-bond donors (Lipinski definition) is 0. The molecule has 2 nitrogen and oxygen atoms in total. The van der Waals surface area contributed by atoms with Gasteiger partial charge in [-0.3, -0.25) is 4.57 Å². The molecule has 13 aromatic rings. The Balaban J connectivity index is 0.815. The fraction of sp³-hybridized carbons (Fsp3) is 0.0143. The van der Waals surface area contributed by atoms with E-state index >= 15 is 0 Å². The third kappa shape index (κ3) is 6.83. The maximum Gasteiger partial charge on any atom is 0.145 e. The topological polar surface area (TPSA) is 17.8 Å². The summed E-state index contributed by atoms with van der Waals surface area (Å²) in [7, 11) is 0. The first-order valence-electron chi connectivity index (χ1n) is 24.8. The van der Waals surface area contributed by atoms with Gasteiger partial charge in [-0.2, -0.15) is 0 Å². The normalized spacial score (nSPS) is 12.6. The van der Waals surface area contributed by atoms with Gasteiger partial charge in [0.15, 0.2) is 0 Å². The van der Waals surface area contributed by atoms with Crippen LogP contribution < -0.4 is 0 Å². The minimum atomic E-state index is -0.550. The van der Waals surface area contributed by atoms with Gasteiger partial charge in [0.25, 0.3) is 0 Å². The van der Waals surface area contributed by atoms with Crippen LogP contribution in [0, 0.1) is 0 Å². The molecular weight excluding hydrogens is 869 g/mol. The van der Waals surface area contributed by atoms with Gasteiger partial charge < -0.3 is 0 Å². The van der Waals surface area contributed by atoms with E-state index in [1.165, 1.54) is 99.4 Å². The number of hydrogen-bond acceptors (Lipinski definition) is 1. The van der Waals surface area contributed by atoms with Gasteiger partial charge in [-0.1, -0.05) is 218 Å². The van der Waals surface area contributed by atoms with Crippen molar-refractivity contribution in [2.45, 2.75) is 5.41 Å². The van der Waals surface area contributed by atoms with Crippen molar-refractivity contribution in [3.63, 3.8) is 0 Å². The lowest BCUT2D eigenvalue weighted by Gasteiger charge is -2.34. The largest absolute Gasteiger partial charge is 0.292 e. The smallest absolute Gasteiger partial charge is 0.145 e.